The van der Waals surface area contributed by atoms with E-state index in [1.165, 1.54) is 0 Å². The van der Waals surface area contributed by atoms with E-state index in [-0.39, 0.29) is 17.9 Å². The summed E-state index contributed by atoms with van der Waals surface area (Å²) < 4.78 is 5.45. The highest BCUT2D eigenvalue weighted by Gasteiger charge is 2.37. The molecule has 1 aromatic carbocycles. The van der Waals surface area contributed by atoms with Crippen molar-refractivity contribution in [3.05, 3.63) is 34.9 Å². The number of alkyl carbamates (subject to hydrolysis) is 1. The average Bonchev–Trinajstić information content (AvgIpc) is 2.75. The van der Waals surface area contributed by atoms with Gasteiger partial charge in [0.2, 0.25) is 11.8 Å². The maximum atomic E-state index is 14.1. The van der Waals surface area contributed by atoms with E-state index in [0.717, 1.165) is 36.0 Å². The molecule has 2 atom stereocenters. The zero-order valence-electron chi connectivity index (χ0n) is 23.7. The summed E-state index contributed by atoms with van der Waals surface area (Å²) in [6.07, 6.45) is 4.45. The van der Waals surface area contributed by atoms with Gasteiger partial charge in [-0.15, -0.1) is 0 Å². The Bertz CT molecular complexity index is 847. The summed E-state index contributed by atoms with van der Waals surface area (Å²) in [6.45, 7) is 15.6. The van der Waals surface area contributed by atoms with Crippen LogP contribution >= 0.6 is 11.8 Å². The van der Waals surface area contributed by atoms with Gasteiger partial charge in [-0.05, 0) is 90.0 Å². The number of aryl methyl sites for hydroxylation is 2. The number of ether oxygens (including phenoxy) is 1. The van der Waals surface area contributed by atoms with Crippen molar-refractivity contribution in [2.45, 2.75) is 105 Å². The molecule has 1 aromatic rings. The van der Waals surface area contributed by atoms with Crippen LogP contribution in [0.2, 0.25) is 0 Å². The molecular formula is C28H47N3O4S. The number of amides is 3. The minimum absolute atomic E-state index is 0.0795. The molecule has 0 aliphatic rings. The van der Waals surface area contributed by atoms with Gasteiger partial charge in [-0.1, -0.05) is 38.0 Å². The van der Waals surface area contributed by atoms with Crippen molar-refractivity contribution in [1.29, 1.82) is 0 Å². The van der Waals surface area contributed by atoms with E-state index in [4.69, 9.17) is 4.74 Å². The summed E-state index contributed by atoms with van der Waals surface area (Å²) in [5.41, 5.74) is 2.05. The van der Waals surface area contributed by atoms with E-state index in [2.05, 4.69) is 17.6 Å². The Balaban J connectivity index is 3.54. The number of nitrogens with zero attached hydrogens (tertiary/aromatic N) is 1. The van der Waals surface area contributed by atoms with Gasteiger partial charge in [0.25, 0.3) is 0 Å². The first-order valence-corrected chi connectivity index (χ1v) is 14.4. The van der Waals surface area contributed by atoms with E-state index in [9.17, 15) is 14.4 Å². The van der Waals surface area contributed by atoms with E-state index in [1.54, 1.807) is 37.4 Å². The van der Waals surface area contributed by atoms with Crippen LogP contribution in [0.25, 0.3) is 0 Å². The van der Waals surface area contributed by atoms with Crippen LogP contribution in [0.15, 0.2) is 18.2 Å². The number of unbranched alkanes of at least 4 members (excludes halogenated alkanes) is 2. The highest BCUT2D eigenvalue weighted by Crippen LogP contribution is 2.29. The molecule has 0 fully saturated rings. The molecule has 0 saturated heterocycles. The maximum Gasteiger partial charge on any atom is 0.408 e. The third kappa shape index (κ3) is 10.4. The highest BCUT2D eigenvalue weighted by atomic mass is 32.2. The van der Waals surface area contributed by atoms with Crippen molar-refractivity contribution in [1.82, 2.24) is 15.5 Å². The highest BCUT2D eigenvalue weighted by molar-refractivity contribution is 7.98. The van der Waals surface area contributed by atoms with E-state index >= 15 is 0 Å². The minimum atomic E-state index is -0.799. The third-order valence-electron chi connectivity index (χ3n) is 5.69. The van der Waals surface area contributed by atoms with Gasteiger partial charge in [0, 0.05) is 12.6 Å². The van der Waals surface area contributed by atoms with E-state index in [1.807, 2.05) is 52.1 Å². The van der Waals surface area contributed by atoms with Crippen molar-refractivity contribution >= 4 is 29.7 Å². The molecule has 2 unspecified atom stereocenters. The number of thioether (sulfide) groups is 1. The predicted molar refractivity (Wildman–Crippen MR) is 149 cm³/mol. The molecule has 0 bridgehead atoms. The number of rotatable bonds is 13. The first kappa shape index (κ1) is 31.8. The molecule has 204 valence electrons. The monoisotopic (exact) mass is 521 g/mol. The molecule has 36 heavy (non-hydrogen) atoms. The quantitative estimate of drug-likeness (QED) is 0.333. The third-order valence-corrected chi connectivity index (χ3v) is 6.34. The molecule has 2 N–H and O–H groups in total. The molecule has 0 radical (unpaired) electrons. The predicted octanol–water partition coefficient (Wildman–Crippen LogP) is 5.53. The number of benzene rings is 1. The Hall–Kier alpha value is -2.22. The Morgan fingerprint density at radius 2 is 1.67 bits per heavy atom. The molecule has 0 aliphatic heterocycles. The topological polar surface area (TPSA) is 87.7 Å². The molecule has 0 aliphatic carbocycles. The first-order valence-electron chi connectivity index (χ1n) is 13.0. The van der Waals surface area contributed by atoms with Crippen molar-refractivity contribution in [2.75, 3.05) is 18.6 Å². The number of nitrogens with one attached hydrogen (secondary N) is 2. The summed E-state index contributed by atoms with van der Waals surface area (Å²) in [5, 5.41) is 5.82. The van der Waals surface area contributed by atoms with Crippen LogP contribution in [0, 0.1) is 13.8 Å². The molecule has 1 rings (SSSR count). The summed E-state index contributed by atoms with van der Waals surface area (Å²) in [4.78, 5) is 42.1. The standard InChI is InChI=1S/C28H47N3O4S/c1-10-11-12-17-31(26(33)22(16-18-36-9)30-27(34)35-28(6,7)8)24(25(32)29-19(2)3)23-20(4)14-13-15-21(23)5/h13-15,19,22,24H,10-12,16-18H2,1-9H3,(H,29,32)(H,30,34). The number of carbonyl (C=O) groups is 3. The van der Waals surface area contributed by atoms with Crippen LogP contribution in [0.3, 0.4) is 0 Å². The van der Waals surface area contributed by atoms with Gasteiger partial charge in [-0.25, -0.2) is 4.79 Å². The van der Waals surface area contributed by atoms with Gasteiger partial charge in [0.1, 0.15) is 17.7 Å². The fourth-order valence-electron chi connectivity index (χ4n) is 4.09. The van der Waals surface area contributed by atoms with Crippen molar-refractivity contribution in [2.24, 2.45) is 0 Å². The summed E-state index contributed by atoms with van der Waals surface area (Å²) in [6, 6.07) is 4.22. The Kier molecular flexibility index (Phi) is 13.4. The molecule has 0 saturated carbocycles. The van der Waals surface area contributed by atoms with E-state index in [0.29, 0.717) is 18.7 Å². The van der Waals surface area contributed by atoms with Gasteiger partial charge in [0.15, 0.2) is 0 Å². The van der Waals surface area contributed by atoms with Crippen LogP contribution < -0.4 is 10.6 Å². The van der Waals surface area contributed by atoms with Gasteiger partial charge in [0.05, 0.1) is 0 Å². The number of hydrogen-bond donors (Lipinski definition) is 2. The summed E-state index contributed by atoms with van der Waals surface area (Å²) >= 11 is 1.60. The van der Waals surface area contributed by atoms with Crippen molar-refractivity contribution in [3.63, 3.8) is 0 Å². The van der Waals surface area contributed by atoms with Gasteiger partial charge < -0.3 is 20.3 Å². The lowest BCUT2D eigenvalue weighted by atomic mass is 9.93. The second-order valence-electron chi connectivity index (χ2n) is 10.6. The Morgan fingerprint density at radius 1 is 1.06 bits per heavy atom. The lowest BCUT2D eigenvalue weighted by Gasteiger charge is -2.36. The largest absolute Gasteiger partial charge is 0.444 e. The van der Waals surface area contributed by atoms with Crippen LogP contribution in [0.4, 0.5) is 4.79 Å². The Labute approximate surface area is 222 Å². The van der Waals surface area contributed by atoms with Gasteiger partial charge in [-0.3, -0.25) is 9.59 Å². The van der Waals surface area contributed by atoms with E-state index < -0.39 is 23.8 Å². The molecule has 0 heterocycles. The molecule has 7 nitrogen and oxygen atoms in total. The van der Waals surface area contributed by atoms with Gasteiger partial charge >= 0.3 is 6.09 Å². The smallest absolute Gasteiger partial charge is 0.408 e. The SMILES string of the molecule is CCCCCN(C(=O)C(CCSC)NC(=O)OC(C)(C)C)C(C(=O)NC(C)C)c1c(C)cccc1C. The number of hydrogen-bond acceptors (Lipinski definition) is 5. The lowest BCUT2D eigenvalue weighted by Crippen LogP contribution is -2.54. The summed E-state index contributed by atoms with van der Waals surface area (Å²) in [5.74, 6) is 0.201. The fraction of sp³-hybridized carbons (Fsp3) is 0.679. The second kappa shape index (κ2) is 15.1. The van der Waals surface area contributed by atoms with Crippen LogP contribution in [-0.2, 0) is 14.3 Å². The van der Waals surface area contributed by atoms with Gasteiger partial charge in [-0.2, -0.15) is 11.8 Å². The van der Waals surface area contributed by atoms with Crippen molar-refractivity contribution in [3.8, 4) is 0 Å². The number of carbonyl (C=O) groups excluding carboxylic acids is 3. The normalized spacial score (nSPS) is 13.2. The molecule has 0 spiro atoms. The minimum Gasteiger partial charge on any atom is -0.444 e. The molecule has 8 heteroatoms. The lowest BCUT2D eigenvalue weighted by molar-refractivity contribution is -0.142. The molecule has 3 amide bonds. The van der Waals surface area contributed by atoms with Crippen LogP contribution in [0.5, 0.6) is 0 Å². The zero-order chi connectivity index (χ0) is 27.5. The summed E-state index contributed by atoms with van der Waals surface area (Å²) in [7, 11) is 0. The Morgan fingerprint density at radius 3 is 2.17 bits per heavy atom. The molecular weight excluding hydrogens is 474 g/mol. The molecule has 0 aromatic heterocycles. The maximum absolute atomic E-state index is 14.1. The first-order chi connectivity index (χ1) is 16.8. The van der Waals surface area contributed by atoms with Crippen molar-refractivity contribution < 1.29 is 19.1 Å². The van der Waals surface area contributed by atoms with Crippen LogP contribution in [0.1, 0.15) is 90.0 Å². The average molecular weight is 522 g/mol. The second-order valence-corrected chi connectivity index (χ2v) is 11.6. The zero-order valence-corrected chi connectivity index (χ0v) is 24.5. The van der Waals surface area contributed by atoms with Crippen LogP contribution in [-0.4, -0.2) is 59.0 Å². The fourth-order valence-corrected chi connectivity index (χ4v) is 4.56.